The van der Waals surface area contributed by atoms with Gasteiger partial charge in [-0.2, -0.15) is 10.0 Å². The van der Waals surface area contributed by atoms with Crippen LogP contribution in [0.2, 0.25) is 0 Å². The Kier molecular flexibility index (Phi) is 3.58. The lowest BCUT2D eigenvalue weighted by atomic mass is 9.96. The Morgan fingerprint density at radius 1 is 1.26 bits per heavy atom. The number of nitrogens with zero attached hydrogens (tertiary/aromatic N) is 6. The van der Waals surface area contributed by atoms with Crippen molar-refractivity contribution in [1.82, 2.24) is 25.1 Å². The normalized spacial score (nSPS) is 16.8. The number of nitroso groups, excluding NO2 is 1. The molecule has 1 aliphatic carbocycles. The average Bonchev–Trinajstić information content (AvgIpc) is 3.11. The van der Waals surface area contributed by atoms with Crippen LogP contribution in [-0.4, -0.2) is 25.1 Å². The fourth-order valence-corrected chi connectivity index (χ4v) is 3.45. The first-order chi connectivity index (χ1) is 11.3. The molecule has 0 saturated carbocycles. The van der Waals surface area contributed by atoms with Crippen LogP contribution < -0.4 is 0 Å². The van der Waals surface area contributed by atoms with E-state index in [9.17, 15) is 4.91 Å². The second-order valence-electron chi connectivity index (χ2n) is 5.25. The van der Waals surface area contributed by atoms with Gasteiger partial charge in [-0.15, -0.1) is 16.4 Å². The van der Waals surface area contributed by atoms with Gasteiger partial charge in [0.15, 0.2) is 5.82 Å². The molecule has 0 fully saturated rings. The molecule has 3 heterocycles. The van der Waals surface area contributed by atoms with Gasteiger partial charge in [0, 0.05) is 24.2 Å². The third kappa shape index (κ3) is 2.61. The second kappa shape index (κ2) is 5.88. The number of hydrogen-bond acceptors (Lipinski definition) is 8. The summed E-state index contributed by atoms with van der Waals surface area (Å²) in [4.78, 5) is 24.8. The van der Waals surface area contributed by atoms with E-state index in [-0.39, 0.29) is 0 Å². The highest BCUT2D eigenvalue weighted by molar-refractivity contribution is 7.18. The van der Waals surface area contributed by atoms with Crippen molar-refractivity contribution < 1.29 is 0 Å². The summed E-state index contributed by atoms with van der Waals surface area (Å²) in [6.07, 6.45) is 7.62. The van der Waals surface area contributed by atoms with Gasteiger partial charge in [0.25, 0.3) is 0 Å². The Bertz CT molecular complexity index is 850. The standard InChI is InChI=1S/C15H12N6OS/c22-21-11-5-1-4-10-13(11)18-14(20-19-10)12-8-17-15(23-12)9-3-2-6-16-7-9/h2-3,6-8,11H,1,4-5H2. The Balaban J connectivity index is 1.72. The molecule has 0 radical (unpaired) electrons. The zero-order valence-corrected chi connectivity index (χ0v) is 12.9. The number of aromatic nitrogens is 5. The molecule has 0 spiro atoms. The van der Waals surface area contributed by atoms with Crippen LogP contribution >= 0.6 is 11.3 Å². The largest absolute Gasteiger partial charge is 0.264 e. The van der Waals surface area contributed by atoms with Gasteiger partial charge in [-0.25, -0.2) is 9.97 Å². The van der Waals surface area contributed by atoms with E-state index in [1.807, 2.05) is 12.1 Å². The van der Waals surface area contributed by atoms with Crippen LogP contribution in [0.25, 0.3) is 21.3 Å². The quantitative estimate of drug-likeness (QED) is 0.687. The summed E-state index contributed by atoms with van der Waals surface area (Å²) in [6.45, 7) is 0. The van der Waals surface area contributed by atoms with Crippen LogP contribution in [-0.2, 0) is 6.42 Å². The van der Waals surface area contributed by atoms with E-state index in [0.717, 1.165) is 40.4 Å². The summed E-state index contributed by atoms with van der Waals surface area (Å²) < 4.78 is 0. The molecule has 4 rings (SSSR count). The highest BCUT2D eigenvalue weighted by atomic mass is 32.1. The number of fused-ring (bicyclic) bond motifs is 1. The summed E-state index contributed by atoms with van der Waals surface area (Å²) in [5, 5.41) is 12.4. The van der Waals surface area contributed by atoms with E-state index in [1.165, 1.54) is 11.3 Å². The predicted molar refractivity (Wildman–Crippen MR) is 85.6 cm³/mol. The molecule has 1 atom stereocenters. The Labute approximate surface area is 135 Å². The molecule has 0 amide bonds. The van der Waals surface area contributed by atoms with Crippen molar-refractivity contribution in [3.63, 3.8) is 0 Å². The van der Waals surface area contributed by atoms with Gasteiger partial charge in [-0.05, 0) is 31.4 Å². The van der Waals surface area contributed by atoms with Crippen LogP contribution in [0, 0.1) is 4.91 Å². The minimum Gasteiger partial charge on any atom is -0.264 e. The number of hydrogen-bond donors (Lipinski definition) is 0. The van der Waals surface area contributed by atoms with Gasteiger partial charge in [-0.3, -0.25) is 4.98 Å². The lowest BCUT2D eigenvalue weighted by molar-refractivity contribution is 0.535. The van der Waals surface area contributed by atoms with Crippen LogP contribution in [0.3, 0.4) is 0 Å². The number of rotatable bonds is 3. The SMILES string of the molecule is O=NC1CCCc2nnc(-c3cnc(-c4cccnc4)s3)nc21. The first-order valence-corrected chi connectivity index (χ1v) is 8.09. The number of pyridine rings is 1. The van der Waals surface area contributed by atoms with Crippen molar-refractivity contribution in [3.05, 3.63) is 47.0 Å². The Morgan fingerprint density at radius 3 is 3.04 bits per heavy atom. The van der Waals surface area contributed by atoms with Crippen molar-refractivity contribution in [2.24, 2.45) is 5.18 Å². The van der Waals surface area contributed by atoms with Crippen LogP contribution in [0.15, 0.2) is 35.9 Å². The summed E-state index contributed by atoms with van der Waals surface area (Å²) in [5.74, 6) is 0.493. The molecule has 114 valence electrons. The summed E-state index contributed by atoms with van der Waals surface area (Å²) >= 11 is 1.47. The van der Waals surface area contributed by atoms with Crippen molar-refractivity contribution in [2.45, 2.75) is 25.3 Å². The first kappa shape index (κ1) is 14.0. The van der Waals surface area contributed by atoms with E-state index >= 15 is 0 Å². The van der Waals surface area contributed by atoms with E-state index in [4.69, 9.17) is 0 Å². The molecular weight excluding hydrogens is 312 g/mol. The molecule has 3 aromatic rings. The fourth-order valence-electron chi connectivity index (χ4n) is 2.61. The third-order valence-electron chi connectivity index (χ3n) is 3.76. The minimum atomic E-state index is -0.418. The molecule has 1 unspecified atom stereocenters. The molecule has 0 N–H and O–H groups in total. The molecule has 7 nitrogen and oxygen atoms in total. The molecule has 3 aromatic heterocycles. The van der Waals surface area contributed by atoms with Crippen LogP contribution in [0.1, 0.15) is 30.3 Å². The van der Waals surface area contributed by atoms with Gasteiger partial charge < -0.3 is 0 Å². The highest BCUT2D eigenvalue weighted by Crippen LogP contribution is 2.33. The van der Waals surface area contributed by atoms with E-state index in [0.29, 0.717) is 11.5 Å². The maximum atomic E-state index is 11.0. The highest BCUT2D eigenvalue weighted by Gasteiger charge is 2.25. The fraction of sp³-hybridized carbons (Fsp3) is 0.267. The predicted octanol–water partition coefficient (Wildman–Crippen LogP) is 3.20. The minimum absolute atomic E-state index is 0.418. The van der Waals surface area contributed by atoms with Gasteiger partial charge in [0.1, 0.15) is 11.0 Å². The average molecular weight is 324 g/mol. The van der Waals surface area contributed by atoms with Crippen LogP contribution in [0.5, 0.6) is 0 Å². The molecular formula is C15H12N6OS. The Hall–Kier alpha value is -2.61. The monoisotopic (exact) mass is 324 g/mol. The summed E-state index contributed by atoms with van der Waals surface area (Å²) in [6, 6.07) is 3.40. The molecule has 0 saturated heterocycles. The van der Waals surface area contributed by atoms with Crippen molar-refractivity contribution in [3.8, 4) is 21.3 Å². The molecule has 0 bridgehead atoms. The zero-order valence-electron chi connectivity index (χ0n) is 12.1. The molecule has 0 aliphatic heterocycles. The summed E-state index contributed by atoms with van der Waals surface area (Å²) in [5.41, 5.74) is 2.39. The topological polar surface area (TPSA) is 93.9 Å². The summed E-state index contributed by atoms with van der Waals surface area (Å²) in [7, 11) is 0. The zero-order chi connectivity index (χ0) is 15.6. The smallest absolute Gasteiger partial charge is 0.193 e. The third-order valence-corrected chi connectivity index (χ3v) is 4.80. The molecule has 8 heteroatoms. The van der Waals surface area contributed by atoms with E-state index < -0.39 is 6.04 Å². The van der Waals surface area contributed by atoms with Crippen molar-refractivity contribution >= 4 is 11.3 Å². The number of aryl methyl sites for hydroxylation is 1. The number of thiazole rings is 1. The maximum Gasteiger partial charge on any atom is 0.193 e. The maximum absolute atomic E-state index is 11.0. The molecule has 0 aromatic carbocycles. The second-order valence-corrected chi connectivity index (χ2v) is 6.28. The van der Waals surface area contributed by atoms with Crippen molar-refractivity contribution in [2.75, 3.05) is 0 Å². The molecule has 23 heavy (non-hydrogen) atoms. The first-order valence-electron chi connectivity index (χ1n) is 7.27. The Morgan fingerprint density at radius 2 is 2.22 bits per heavy atom. The van der Waals surface area contributed by atoms with Gasteiger partial charge in [0.05, 0.1) is 16.3 Å². The molecule has 1 aliphatic rings. The van der Waals surface area contributed by atoms with Gasteiger partial charge in [0.2, 0.25) is 0 Å². The lowest BCUT2D eigenvalue weighted by Crippen LogP contribution is -2.14. The van der Waals surface area contributed by atoms with Crippen LogP contribution in [0.4, 0.5) is 0 Å². The van der Waals surface area contributed by atoms with Gasteiger partial charge >= 0.3 is 0 Å². The van der Waals surface area contributed by atoms with Gasteiger partial charge in [-0.1, -0.05) is 5.18 Å². The van der Waals surface area contributed by atoms with Crippen molar-refractivity contribution in [1.29, 1.82) is 0 Å². The van der Waals surface area contributed by atoms with E-state index in [1.54, 1.807) is 18.6 Å². The van der Waals surface area contributed by atoms with E-state index in [2.05, 4.69) is 30.3 Å². The lowest BCUT2D eigenvalue weighted by Gasteiger charge is -2.17.